The molecule has 0 unspecified atom stereocenters. The van der Waals surface area contributed by atoms with E-state index in [1.54, 1.807) is 0 Å². The summed E-state index contributed by atoms with van der Waals surface area (Å²) in [4.78, 5) is 25.8. The Morgan fingerprint density at radius 3 is 2.04 bits per heavy atom. The Kier molecular flexibility index (Phi) is 5.39. The highest BCUT2D eigenvalue weighted by Crippen LogP contribution is 2.39. The van der Waals surface area contributed by atoms with Gasteiger partial charge in [0.2, 0.25) is 0 Å². The predicted molar refractivity (Wildman–Crippen MR) is 99.5 cm³/mol. The highest BCUT2D eigenvalue weighted by molar-refractivity contribution is 6.10. The normalized spacial score (nSPS) is 24.8. The Bertz CT molecular complexity index is 706. The van der Waals surface area contributed by atoms with Gasteiger partial charge in [-0.15, -0.1) is 5.92 Å². The van der Waals surface area contributed by atoms with Gasteiger partial charge in [0, 0.05) is 18.4 Å². The molecular weight excluding hydrogens is 310 g/mol. The zero-order valence-electron chi connectivity index (χ0n) is 15.4. The van der Waals surface area contributed by atoms with Crippen LogP contribution in [0.25, 0.3) is 0 Å². The number of carbonyl (C=O) groups excluding carboxylic acids is 2. The van der Waals surface area contributed by atoms with Crippen molar-refractivity contribution < 1.29 is 9.59 Å². The average Bonchev–Trinajstić information content (AvgIpc) is 2.57. The van der Waals surface area contributed by atoms with Crippen molar-refractivity contribution in [3.8, 4) is 11.8 Å². The molecule has 3 rings (SSSR count). The van der Waals surface area contributed by atoms with E-state index in [0.717, 1.165) is 48.2 Å². The third kappa shape index (κ3) is 3.70. The molecule has 3 heteroatoms. The van der Waals surface area contributed by atoms with Crippen LogP contribution in [0.5, 0.6) is 0 Å². The lowest BCUT2D eigenvalue weighted by Crippen LogP contribution is -2.39. The Balaban J connectivity index is 1.85. The third-order valence-electron chi connectivity index (χ3n) is 5.77. The summed E-state index contributed by atoms with van der Waals surface area (Å²) in [7, 11) is 0. The van der Waals surface area contributed by atoms with E-state index in [2.05, 4.69) is 17.2 Å². The number of ketones is 2. The molecule has 2 aliphatic rings. The fourth-order valence-corrected chi connectivity index (χ4v) is 4.62. The number of hydrogen-bond donors (Lipinski definition) is 1. The highest BCUT2D eigenvalue weighted by atomic mass is 16.2. The first-order valence-electron chi connectivity index (χ1n) is 9.31. The minimum Gasteiger partial charge on any atom is -0.317 e. The molecule has 1 saturated carbocycles. The number of nitrogens with one attached hydrogen (secondary N) is 1. The van der Waals surface area contributed by atoms with Gasteiger partial charge in [-0.3, -0.25) is 9.59 Å². The molecule has 1 aliphatic carbocycles. The number of benzene rings is 1. The zero-order chi connectivity index (χ0) is 18.0. The molecule has 1 aromatic carbocycles. The number of hydrogen-bond acceptors (Lipinski definition) is 3. The molecule has 2 fully saturated rings. The van der Waals surface area contributed by atoms with Gasteiger partial charge >= 0.3 is 0 Å². The molecule has 0 aromatic heterocycles. The van der Waals surface area contributed by atoms with Gasteiger partial charge in [-0.25, -0.2) is 0 Å². The van der Waals surface area contributed by atoms with Crippen LogP contribution in [-0.2, 0) is 9.59 Å². The molecule has 0 radical (unpaired) electrons. The maximum atomic E-state index is 12.9. The summed E-state index contributed by atoms with van der Waals surface area (Å²) in [6, 6.07) is 4.00. The molecule has 1 saturated heterocycles. The molecule has 1 N–H and O–H groups in total. The van der Waals surface area contributed by atoms with Crippen LogP contribution in [0.4, 0.5) is 0 Å². The summed E-state index contributed by atoms with van der Waals surface area (Å²) >= 11 is 0. The average molecular weight is 337 g/mol. The van der Waals surface area contributed by atoms with Gasteiger partial charge in [0.25, 0.3) is 0 Å². The molecular formula is C22H27NO2. The fourth-order valence-electron chi connectivity index (χ4n) is 4.62. The number of piperidine rings is 1. The quantitative estimate of drug-likeness (QED) is 0.665. The number of Topliss-reactive ketones (excluding diaryl/α,β-unsaturated/α-hetero) is 2. The van der Waals surface area contributed by atoms with Crippen LogP contribution in [0, 0.1) is 37.5 Å². The zero-order valence-corrected chi connectivity index (χ0v) is 15.4. The predicted octanol–water partition coefficient (Wildman–Crippen LogP) is 3.31. The number of rotatable bonds is 2. The van der Waals surface area contributed by atoms with Crippen molar-refractivity contribution in [1.82, 2.24) is 5.32 Å². The molecule has 1 aliphatic heterocycles. The standard InChI is InChI=1S/C22H27NO2/c1-4-5-16-10-14(2)21(15(3)11-16)22-19(24)12-18(13-20(22)25)17-6-8-23-9-7-17/h10-11,17-18,22-23H,6-9,12-13H2,1-3H3. The molecule has 0 amide bonds. The van der Waals surface area contributed by atoms with Crippen LogP contribution in [0.15, 0.2) is 12.1 Å². The van der Waals surface area contributed by atoms with Gasteiger partial charge in [0.15, 0.2) is 0 Å². The lowest BCUT2D eigenvalue weighted by Gasteiger charge is -2.35. The number of aryl methyl sites for hydroxylation is 2. The Morgan fingerprint density at radius 1 is 0.960 bits per heavy atom. The largest absolute Gasteiger partial charge is 0.317 e. The minimum absolute atomic E-state index is 0.111. The summed E-state index contributed by atoms with van der Waals surface area (Å²) in [5, 5.41) is 3.36. The summed E-state index contributed by atoms with van der Waals surface area (Å²) in [5.41, 5.74) is 3.87. The summed E-state index contributed by atoms with van der Waals surface area (Å²) < 4.78 is 0. The summed E-state index contributed by atoms with van der Waals surface area (Å²) in [5.74, 6) is 6.38. The minimum atomic E-state index is -0.568. The Morgan fingerprint density at radius 2 is 1.52 bits per heavy atom. The van der Waals surface area contributed by atoms with Crippen LogP contribution >= 0.6 is 0 Å². The first kappa shape index (κ1) is 17.9. The molecule has 0 spiro atoms. The van der Waals surface area contributed by atoms with Crippen LogP contribution < -0.4 is 5.32 Å². The van der Waals surface area contributed by atoms with Crippen LogP contribution in [0.2, 0.25) is 0 Å². The molecule has 1 heterocycles. The Labute approximate surface area is 150 Å². The smallest absolute Gasteiger partial charge is 0.148 e. The van der Waals surface area contributed by atoms with Gasteiger partial charge in [0.05, 0.1) is 0 Å². The molecule has 3 nitrogen and oxygen atoms in total. The van der Waals surface area contributed by atoms with E-state index in [-0.39, 0.29) is 17.5 Å². The maximum absolute atomic E-state index is 12.9. The second-order valence-electron chi connectivity index (χ2n) is 7.52. The molecule has 25 heavy (non-hydrogen) atoms. The lowest BCUT2D eigenvalue weighted by molar-refractivity contribution is -0.134. The van der Waals surface area contributed by atoms with E-state index in [1.807, 2.05) is 32.9 Å². The second-order valence-corrected chi connectivity index (χ2v) is 7.52. The van der Waals surface area contributed by atoms with Crippen LogP contribution in [0.3, 0.4) is 0 Å². The number of carbonyl (C=O) groups is 2. The van der Waals surface area contributed by atoms with E-state index >= 15 is 0 Å². The Hall–Kier alpha value is -1.92. The van der Waals surface area contributed by atoms with E-state index in [4.69, 9.17) is 0 Å². The van der Waals surface area contributed by atoms with Crippen molar-refractivity contribution in [2.75, 3.05) is 13.1 Å². The van der Waals surface area contributed by atoms with Gasteiger partial charge in [-0.2, -0.15) is 0 Å². The first-order valence-corrected chi connectivity index (χ1v) is 9.31. The second kappa shape index (κ2) is 7.54. The lowest BCUT2D eigenvalue weighted by atomic mass is 9.69. The maximum Gasteiger partial charge on any atom is 0.148 e. The van der Waals surface area contributed by atoms with Crippen molar-refractivity contribution in [3.05, 3.63) is 34.4 Å². The van der Waals surface area contributed by atoms with Crippen molar-refractivity contribution in [2.24, 2.45) is 11.8 Å². The first-order chi connectivity index (χ1) is 12.0. The van der Waals surface area contributed by atoms with Gasteiger partial charge < -0.3 is 5.32 Å². The van der Waals surface area contributed by atoms with E-state index in [9.17, 15) is 9.59 Å². The van der Waals surface area contributed by atoms with Crippen molar-refractivity contribution in [2.45, 2.75) is 52.4 Å². The van der Waals surface area contributed by atoms with E-state index in [1.165, 1.54) is 0 Å². The van der Waals surface area contributed by atoms with Gasteiger partial charge in [0.1, 0.15) is 17.5 Å². The summed E-state index contributed by atoms with van der Waals surface area (Å²) in [6.07, 6.45) is 3.27. The topological polar surface area (TPSA) is 46.2 Å². The van der Waals surface area contributed by atoms with Crippen LogP contribution in [-0.4, -0.2) is 24.7 Å². The molecule has 132 valence electrons. The molecule has 0 bridgehead atoms. The highest BCUT2D eigenvalue weighted by Gasteiger charge is 2.40. The SMILES string of the molecule is CC#Cc1cc(C)c(C2C(=O)CC(C3CCNCC3)CC2=O)c(C)c1. The van der Waals surface area contributed by atoms with E-state index in [0.29, 0.717) is 18.8 Å². The van der Waals surface area contributed by atoms with Gasteiger partial charge in [-0.05, 0) is 87.4 Å². The van der Waals surface area contributed by atoms with Crippen molar-refractivity contribution in [1.29, 1.82) is 0 Å². The monoisotopic (exact) mass is 337 g/mol. The molecule has 1 aromatic rings. The van der Waals surface area contributed by atoms with Gasteiger partial charge in [-0.1, -0.05) is 5.92 Å². The fraction of sp³-hybridized carbons (Fsp3) is 0.545. The van der Waals surface area contributed by atoms with E-state index < -0.39 is 5.92 Å². The molecule has 0 atom stereocenters. The van der Waals surface area contributed by atoms with Crippen molar-refractivity contribution in [3.63, 3.8) is 0 Å². The van der Waals surface area contributed by atoms with Crippen LogP contribution in [0.1, 0.15) is 60.8 Å². The summed E-state index contributed by atoms with van der Waals surface area (Å²) in [6.45, 7) is 7.80. The van der Waals surface area contributed by atoms with Crippen molar-refractivity contribution >= 4 is 11.6 Å². The third-order valence-corrected chi connectivity index (χ3v) is 5.77.